The van der Waals surface area contributed by atoms with E-state index in [1.165, 1.54) is 4.90 Å². The summed E-state index contributed by atoms with van der Waals surface area (Å²) in [7, 11) is 0. The Kier molecular flexibility index (Phi) is 5.54. The quantitative estimate of drug-likeness (QED) is 0.739. The van der Waals surface area contributed by atoms with Crippen LogP contribution in [0.4, 0.5) is 13.2 Å². The van der Waals surface area contributed by atoms with Gasteiger partial charge < -0.3 is 0 Å². The van der Waals surface area contributed by atoms with Crippen molar-refractivity contribution in [3.8, 4) is 0 Å². The minimum absolute atomic E-state index is 0.0955. The van der Waals surface area contributed by atoms with Crippen molar-refractivity contribution in [2.75, 3.05) is 13.1 Å². The molecule has 0 aromatic heterocycles. The van der Waals surface area contributed by atoms with Gasteiger partial charge in [0.25, 0.3) is 0 Å². The Labute approximate surface area is 111 Å². The third-order valence-electron chi connectivity index (χ3n) is 2.83. The topological polar surface area (TPSA) is 20.3 Å². The highest BCUT2D eigenvalue weighted by Crippen LogP contribution is 2.18. The van der Waals surface area contributed by atoms with Gasteiger partial charge in [0.2, 0.25) is 0 Å². The molecule has 1 aromatic rings. The van der Waals surface area contributed by atoms with Crippen molar-refractivity contribution in [1.82, 2.24) is 4.90 Å². The highest BCUT2D eigenvalue weighted by molar-refractivity contribution is 5.96. The summed E-state index contributed by atoms with van der Waals surface area (Å²) in [5, 5.41) is 0. The molecule has 19 heavy (non-hydrogen) atoms. The summed E-state index contributed by atoms with van der Waals surface area (Å²) < 4.78 is 37.2. The number of hydrogen-bond acceptors (Lipinski definition) is 2. The predicted molar refractivity (Wildman–Crippen MR) is 68.2 cm³/mol. The minimum atomic E-state index is -4.24. The molecule has 0 aliphatic rings. The highest BCUT2D eigenvalue weighted by atomic mass is 19.4. The molecule has 1 aromatic carbocycles. The SMILES string of the molecule is CC(C)N(CCC(=O)c1ccccc1)CC(F)(F)F. The smallest absolute Gasteiger partial charge is 0.294 e. The van der Waals surface area contributed by atoms with E-state index >= 15 is 0 Å². The largest absolute Gasteiger partial charge is 0.401 e. The Morgan fingerprint density at radius 2 is 1.79 bits per heavy atom. The molecule has 0 bridgehead atoms. The summed E-state index contributed by atoms with van der Waals surface area (Å²) in [5.41, 5.74) is 0.540. The molecular weight excluding hydrogens is 255 g/mol. The van der Waals surface area contributed by atoms with E-state index < -0.39 is 12.7 Å². The van der Waals surface area contributed by atoms with Crippen molar-refractivity contribution in [3.63, 3.8) is 0 Å². The molecule has 0 spiro atoms. The summed E-state index contributed by atoms with van der Waals surface area (Å²) in [5.74, 6) is -0.131. The van der Waals surface area contributed by atoms with Crippen molar-refractivity contribution in [2.45, 2.75) is 32.5 Å². The summed E-state index contributed by atoms with van der Waals surface area (Å²) in [6.45, 7) is 2.52. The molecule has 5 heteroatoms. The average Bonchev–Trinajstić information content (AvgIpc) is 2.33. The van der Waals surface area contributed by atoms with Crippen LogP contribution in [0.2, 0.25) is 0 Å². The number of halogens is 3. The summed E-state index contributed by atoms with van der Waals surface area (Å²) in [4.78, 5) is 13.1. The maximum absolute atomic E-state index is 12.4. The van der Waals surface area contributed by atoms with Crippen LogP contribution in [0.15, 0.2) is 30.3 Å². The zero-order valence-electron chi connectivity index (χ0n) is 11.1. The fraction of sp³-hybridized carbons (Fsp3) is 0.500. The summed E-state index contributed by atoms with van der Waals surface area (Å²) >= 11 is 0. The van der Waals surface area contributed by atoms with E-state index in [1.807, 2.05) is 0 Å². The number of ketones is 1. The average molecular weight is 273 g/mol. The Morgan fingerprint density at radius 1 is 1.21 bits per heavy atom. The normalized spacial score (nSPS) is 12.2. The number of benzene rings is 1. The fourth-order valence-corrected chi connectivity index (χ4v) is 1.76. The van der Waals surface area contributed by atoms with E-state index in [0.29, 0.717) is 5.56 Å². The maximum atomic E-state index is 12.4. The van der Waals surface area contributed by atoms with Crippen molar-refractivity contribution >= 4 is 5.78 Å². The van der Waals surface area contributed by atoms with Gasteiger partial charge in [-0.2, -0.15) is 13.2 Å². The molecule has 0 saturated carbocycles. The van der Waals surface area contributed by atoms with Crippen LogP contribution in [0, 0.1) is 0 Å². The van der Waals surface area contributed by atoms with Crippen LogP contribution in [-0.4, -0.2) is 36.0 Å². The van der Waals surface area contributed by atoms with E-state index in [2.05, 4.69) is 0 Å². The van der Waals surface area contributed by atoms with Gasteiger partial charge in [-0.25, -0.2) is 0 Å². The Balaban J connectivity index is 2.55. The van der Waals surface area contributed by atoms with Crippen molar-refractivity contribution in [2.24, 2.45) is 0 Å². The van der Waals surface area contributed by atoms with E-state index in [4.69, 9.17) is 0 Å². The van der Waals surface area contributed by atoms with Gasteiger partial charge in [0.1, 0.15) is 0 Å². The van der Waals surface area contributed by atoms with Crippen LogP contribution in [0.1, 0.15) is 30.6 Å². The number of carbonyl (C=O) groups excluding carboxylic acids is 1. The van der Waals surface area contributed by atoms with E-state index in [-0.39, 0.29) is 24.8 Å². The number of alkyl halides is 3. The number of carbonyl (C=O) groups is 1. The molecule has 106 valence electrons. The van der Waals surface area contributed by atoms with Crippen molar-refractivity contribution in [1.29, 1.82) is 0 Å². The third-order valence-corrected chi connectivity index (χ3v) is 2.83. The van der Waals surface area contributed by atoms with Crippen LogP contribution in [0.25, 0.3) is 0 Å². The molecule has 1 rings (SSSR count). The summed E-state index contributed by atoms with van der Waals surface area (Å²) in [6, 6.07) is 8.37. The monoisotopic (exact) mass is 273 g/mol. The molecule has 0 aliphatic heterocycles. The molecule has 0 amide bonds. The molecule has 2 nitrogen and oxygen atoms in total. The van der Waals surface area contributed by atoms with Gasteiger partial charge in [-0.15, -0.1) is 0 Å². The molecule has 0 heterocycles. The lowest BCUT2D eigenvalue weighted by molar-refractivity contribution is -0.149. The predicted octanol–water partition coefficient (Wildman–Crippen LogP) is 3.53. The minimum Gasteiger partial charge on any atom is -0.294 e. The van der Waals surface area contributed by atoms with Gasteiger partial charge in [0.15, 0.2) is 5.78 Å². The first-order chi connectivity index (χ1) is 8.79. The second-order valence-electron chi connectivity index (χ2n) is 4.72. The third kappa shape index (κ3) is 5.87. The first kappa shape index (κ1) is 15.7. The molecule has 0 saturated heterocycles. The van der Waals surface area contributed by atoms with Gasteiger partial charge in [0.05, 0.1) is 6.54 Å². The second kappa shape index (κ2) is 6.70. The molecule has 0 fully saturated rings. The second-order valence-corrected chi connectivity index (χ2v) is 4.72. The fourth-order valence-electron chi connectivity index (χ4n) is 1.76. The lowest BCUT2D eigenvalue weighted by Gasteiger charge is -2.27. The molecule has 0 atom stereocenters. The number of Topliss-reactive ketones (excluding diaryl/α,β-unsaturated/α-hetero) is 1. The van der Waals surface area contributed by atoms with Crippen molar-refractivity contribution < 1.29 is 18.0 Å². The molecule has 0 aliphatic carbocycles. The van der Waals surface area contributed by atoms with E-state index in [9.17, 15) is 18.0 Å². The first-order valence-corrected chi connectivity index (χ1v) is 6.18. The van der Waals surface area contributed by atoms with Crippen LogP contribution in [0.5, 0.6) is 0 Å². The number of hydrogen-bond donors (Lipinski definition) is 0. The number of rotatable bonds is 6. The van der Waals surface area contributed by atoms with E-state index in [1.54, 1.807) is 44.2 Å². The zero-order chi connectivity index (χ0) is 14.5. The van der Waals surface area contributed by atoms with Crippen LogP contribution >= 0.6 is 0 Å². The van der Waals surface area contributed by atoms with Crippen LogP contribution < -0.4 is 0 Å². The maximum Gasteiger partial charge on any atom is 0.401 e. The Hall–Kier alpha value is -1.36. The lowest BCUT2D eigenvalue weighted by Crippen LogP contribution is -2.40. The zero-order valence-corrected chi connectivity index (χ0v) is 11.1. The molecule has 0 radical (unpaired) electrons. The Bertz CT molecular complexity index is 401. The van der Waals surface area contributed by atoms with Crippen LogP contribution in [0.3, 0.4) is 0 Å². The molecular formula is C14H18F3NO. The van der Waals surface area contributed by atoms with Crippen molar-refractivity contribution in [3.05, 3.63) is 35.9 Å². The highest BCUT2D eigenvalue weighted by Gasteiger charge is 2.31. The van der Waals surface area contributed by atoms with Gasteiger partial charge in [-0.1, -0.05) is 30.3 Å². The molecule has 0 N–H and O–H groups in total. The first-order valence-electron chi connectivity index (χ1n) is 6.18. The van der Waals surface area contributed by atoms with Gasteiger partial charge in [-0.05, 0) is 13.8 Å². The number of nitrogens with zero attached hydrogens (tertiary/aromatic N) is 1. The molecule has 0 unspecified atom stereocenters. The lowest BCUT2D eigenvalue weighted by atomic mass is 10.1. The van der Waals surface area contributed by atoms with Gasteiger partial charge in [0, 0.05) is 24.6 Å². The Morgan fingerprint density at radius 3 is 2.26 bits per heavy atom. The van der Waals surface area contributed by atoms with Crippen LogP contribution in [-0.2, 0) is 0 Å². The van der Waals surface area contributed by atoms with Gasteiger partial charge >= 0.3 is 6.18 Å². The van der Waals surface area contributed by atoms with Gasteiger partial charge in [-0.3, -0.25) is 9.69 Å². The van der Waals surface area contributed by atoms with E-state index in [0.717, 1.165) is 0 Å². The summed E-state index contributed by atoms with van der Waals surface area (Å²) in [6.07, 6.45) is -4.14. The standard InChI is InChI=1S/C14H18F3NO/c1-11(2)18(10-14(15,16)17)9-8-13(19)12-6-4-3-5-7-12/h3-7,11H,8-10H2,1-2H3.